The number of piperidine rings is 1. The number of hydrogen-bond donors (Lipinski definition) is 1. The standard InChI is InChI=1S/C16H21F3N2/c17-16(18,19)12-3-4-14(13(20)11-12)21-9-7-15(8-10-21)5-1-2-6-15/h3-4,11H,1-2,5-10,20H2. The Kier molecular flexibility index (Phi) is 3.54. The number of halogens is 3. The van der Waals surface area contributed by atoms with Crippen LogP contribution in [0.25, 0.3) is 0 Å². The van der Waals surface area contributed by atoms with Crippen LogP contribution in [0.2, 0.25) is 0 Å². The maximum absolute atomic E-state index is 12.7. The molecule has 5 heteroatoms. The van der Waals surface area contributed by atoms with E-state index in [-0.39, 0.29) is 5.69 Å². The molecular formula is C16H21F3N2. The van der Waals surface area contributed by atoms with Crippen molar-refractivity contribution in [1.29, 1.82) is 0 Å². The molecule has 0 amide bonds. The molecule has 1 aliphatic carbocycles. The molecule has 0 atom stereocenters. The number of nitrogens with zero attached hydrogens (tertiary/aromatic N) is 1. The summed E-state index contributed by atoms with van der Waals surface area (Å²) in [5, 5.41) is 0. The third-order valence-electron chi connectivity index (χ3n) is 5.18. The molecule has 0 radical (unpaired) electrons. The van der Waals surface area contributed by atoms with Crippen LogP contribution in [0.4, 0.5) is 24.5 Å². The minimum absolute atomic E-state index is 0.229. The van der Waals surface area contributed by atoms with Crippen molar-refractivity contribution in [3.8, 4) is 0 Å². The minimum Gasteiger partial charge on any atom is -0.397 e. The lowest BCUT2D eigenvalue weighted by atomic mass is 9.77. The van der Waals surface area contributed by atoms with Crippen molar-refractivity contribution in [3.63, 3.8) is 0 Å². The molecule has 0 unspecified atom stereocenters. The summed E-state index contributed by atoms with van der Waals surface area (Å²) in [5.41, 5.74) is 6.65. The average Bonchev–Trinajstić information content (AvgIpc) is 2.87. The molecule has 1 aromatic carbocycles. The molecule has 116 valence electrons. The molecule has 2 N–H and O–H groups in total. The van der Waals surface area contributed by atoms with Crippen LogP contribution in [0.1, 0.15) is 44.1 Å². The summed E-state index contributed by atoms with van der Waals surface area (Å²) in [6.07, 6.45) is 3.20. The molecule has 1 spiro atoms. The third kappa shape index (κ3) is 2.83. The summed E-state index contributed by atoms with van der Waals surface area (Å²) in [7, 11) is 0. The smallest absolute Gasteiger partial charge is 0.397 e. The monoisotopic (exact) mass is 298 g/mol. The maximum Gasteiger partial charge on any atom is 0.416 e. The van der Waals surface area contributed by atoms with E-state index in [1.807, 2.05) is 0 Å². The molecule has 3 rings (SSSR count). The molecule has 1 heterocycles. The van der Waals surface area contributed by atoms with Gasteiger partial charge in [0.25, 0.3) is 0 Å². The Bertz CT molecular complexity index is 509. The Labute approximate surface area is 123 Å². The summed E-state index contributed by atoms with van der Waals surface area (Å²) in [5.74, 6) is 0. The zero-order chi connectivity index (χ0) is 15.1. The van der Waals surface area contributed by atoms with Gasteiger partial charge in [-0.05, 0) is 49.3 Å². The number of nitrogen functional groups attached to an aromatic ring is 1. The SMILES string of the molecule is Nc1cc(C(F)(F)F)ccc1N1CCC2(CCCC2)CC1. The number of anilines is 2. The largest absolute Gasteiger partial charge is 0.416 e. The highest BCUT2D eigenvalue weighted by Gasteiger charge is 2.37. The molecule has 1 saturated heterocycles. The quantitative estimate of drug-likeness (QED) is 0.776. The van der Waals surface area contributed by atoms with E-state index in [9.17, 15) is 13.2 Å². The lowest BCUT2D eigenvalue weighted by Gasteiger charge is -2.41. The van der Waals surface area contributed by atoms with Crippen LogP contribution >= 0.6 is 0 Å². The van der Waals surface area contributed by atoms with Crippen molar-refractivity contribution in [2.75, 3.05) is 23.7 Å². The molecule has 21 heavy (non-hydrogen) atoms. The molecule has 1 aromatic rings. The second-order valence-corrected chi connectivity index (χ2v) is 6.47. The van der Waals surface area contributed by atoms with Gasteiger partial charge in [0.05, 0.1) is 16.9 Å². The summed E-state index contributed by atoms with van der Waals surface area (Å²) in [6, 6.07) is 3.70. The highest BCUT2D eigenvalue weighted by molar-refractivity contribution is 5.69. The molecular weight excluding hydrogens is 277 g/mol. The first-order valence-corrected chi connectivity index (χ1v) is 7.61. The Morgan fingerprint density at radius 3 is 2.14 bits per heavy atom. The van der Waals surface area contributed by atoms with Crippen LogP contribution in [-0.2, 0) is 6.18 Å². The van der Waals surface area contributed by atoms with Crippen molar-refractivity contribution in [2.45, 2.75) is 44.7 Å². The fraction of sp³-hybridized carbons (Fsp3) is 0.625. The molecule has 2 aliphatic rings. The molecule has 1 saturated carbocycles. The lowest BCUT2D eigenvalue weighted by molar-refractivity contribution is -0.137. The van der Waals surface area contributed by atoms with E-state index in [2.05, 4.69) is 4.90 Å². The van der Waals surface area contributed by atoms with Crippen LogP contribution in [0.3, 0.4) is 0 Å². The van der Waals surface area contributed by atoms with E-state index in [0.29, 0.717) is 5.41 Å². The van der Waals surface area contributed by atoms with Crippen molar-refractivity contribution >= 4 is 11.4 Å². The minimum atomic E-state index is -4.33. The second kappa shape index (κ2) is 5.11. The molecule has 0 aromatic heterocycles. The van der Waals surface area contributed by atoms with E-state index in [0.717, 1.165) is 43.8 Å². The highest BCUT2D eigenvalue weighted by atomic mass is 19.4. The highest BCUT2D eigenvalue weighted by Crippen LogP contribution is 2.47. The van der Waals surface area contributed by atoms with Gasteiger partial charge in [0, 0.05) is 13.1 Å². The van der Waals surface area contributed by atoms with Crippen LogP contribution in [0, 0.1) is 5.41 Å². The fourth-order valence-corrected chi connectivity index (χ4v) is 3.87. The Hall–Kier alpha value is -1.39. The predicted octanol–water partition coefficient (Wildman–Crippen LogP) is 4.45. The fourth-order valence-electron chi connectivity index (χ4n) is 3.87. The van der Waals surface area contributed by atoms with Crippen LogP contribution < -0.4 is 10.6 Å². The summed E-state index contributed by atoms with van der Waals surface area (Å²) < 4.78 is 38.0. The van der Waals surface area contributed by atoms with Crippen molar-refractivity contribution in [2.24, 2.45) is 5.41 Å². The van der Waals surface area contributed by atoms with Crippen LogP contribution in [0.15, 0.2) is 18.2 Å². The van der Waals surface area contributed by atoms with Crippen molar-refractivity contribution in [3.05, 3.63) is 23.8 Å². The van der Waals surface area contributed by atoms with E-state index in [1.54, 1.807) is 0 Å². The first kappa shape index (κ1) is 14.5. The van der Waals surface area contributed by atoms with Crippen molar-refractivity contribution < 1.29 is 13.2 Å². The Morgan fingerprint density at radius 2 is 1.62 bits per heavy atom. The first-order chi connectivity index (χ1) is 9.90. The van der Waals surface area contributed by atoms with Gasteiger partial charge in [-0.15, -0.1) is 0 Å². The predicted molar refractivity (Wildman–Crippen MR) is 78.2 cm³/mol. The first-order valence-electron chi connectivity index (χ1n) is 7.61. The zero-order valence-corrected chi connectivity index (χ0v) is 12.0. The van der Waals surface area contributed by atoms with Crippen LogP contribution in [-0.4, -0.2) is 13.1 Å². The molecule has 1 aliphatic heterocycles. The number of hydrogen-bond acceptors (Lipinski definition) is 2. The van der Waals surface area contributed by atoms with E-state index < -0.39 is 11.7 Å². The lowest BCUT2D eigenvalue weighted by Crippen LogP contribution is -2.39. The summed E-state index contributed by atoms with van der Waals surface area (Å²) in [6.45, 7) is 1.80. The topological polar surface area (TPSA) is 29.3 Å². The van der Waals surface area contributed by atoms with Gasteiger partial charge >= 0.3 is 6.18 Å². The van der Waals surface area contributed by atoms with E-state index >= 15 is 0 Å². The number of benzene rings is 1. The van der Waals surface area contributed by atoms with Crippen molar-refractivity contribution in [1.82, 2.24) is 0 Å². The van der Waals surface area contributed by atoms with Gasteiger partial charge in [-0.25, -0.2) is 0 Å². The second-order valence-electron chi connectivity index (χ2n) is 6.47. The normalized spacial score (nSPS) is 22.0. The number of rotatable bonds is 1. The van der Waals surface area contributed by atoms with Crippen LogP contribution in [0.5, 0.6) is 0 Å². The van der Waals surface area contributed by atoms with Gasteiger partial charge in [0.2, 0.25) is 0 Å². The average molecular weight is 298 g/mol. The number of nitrogens with two attached hydrogens (primary N) is 1. The van der Waals surface area contributed by atoms with Gasteiger partial charge in [0.15, 0.2) is 0 Å². The maximum atomic E-state index is 12.7. The third-order valence-corrected chi connectivity index (χ3v) is 5.18. The van der Waals surface area contributed by atoms with E-state index in [4.69, 9.17) is 5.73 Å². The molecule has 2 fully saturated rings. The summed E-state index contributed by atoms with van der Waals surface area (Å²) in [4.78, 5) is 2.14. The number of alkyl halides is 3. The van der Waals surface area contributed by atoms with Gasteiger partial charge in [-0.3, -0.25) is 0 Å². The Morgan fingerprint density at radius 1 is 1.00 bits per heavy atom. The summed E-state index contributed by atoms with van der Waals surface area (Å²) >= 11 is 0. The van der Waals surface area contributed by atoms with Gasteiger partial charge in [0.1, 0.15) is 0 Å². The molecule has 2 nitrogen and oxygen atoms in total. The van der Waals surface area contributed by atoms with Gasteiger partial charge < -0.3 is 10.6 Å². The van der Waals surface area contributed by atoms with E-state index in [1.165, 1.54) is 31.7 Å². The zero-order valence-electron chi connectivity index (χ0n) is 12.0. The Balaban J connectivity index is 1.73. The molecule has 0 bridgehead atoms. The van der Waals surface area contributed by atoms with Gasteiger partial charge in [-0.2, -0.15) is 13.2 Å². The van der Waals surface area contributed by atoms with Gasteiger partial charge in [-0.1, -0.05) is 12.8 Å².